The van der Waals surface area contributed by atoms with Crippen molar-refractivity contribution in [1.82, 2.24) is 44.8 Å². The minimum Gasteiger partial charge on any atom is -0.350 e. The van der Waals surface area contributed by atoms with Crippen LogP contribution in [0.3, 0.4) is 0 Å². The average Bonchev–Trinajstić information content (AvgIpc) is 4.10. The van der Waals surface area contributed by atoms with Gasteiger partial charge in [-0.3, -0.25) is 9.59 Å². The zero-order valence-electron chi connectivity index (χ0n) is 28.2. The molecule has 0 spiro atoms. The lowest BCUT2D eigenvalue weighted by Crippen LogP contribution is -2.22. The summed E-state index contributed by atoms with van der Waals surface area (Å²) in [5.74, 6) is 1.03. The monoisotopic (exact) mass is 714 g/mol. The van der Waals surface area contributed by atoms with Crippen molar-refractivity contribution in [3.05, 3.63) is 83.9 Å². The molecule has 264 valence electrons. The van der Waals surface area contributed by atoms with Crippen molar-refractivity contribution in [3.8, 4) is 22.8 Å². The molecule has 2 saturated carbocycles. The number of nitrogens with zero attached hydrogens (tertiary/aromatic N) is 8. The predicted molar refractivity (Wildman–Crippen MR) is 189 cm³/mol. The Labute approximate surface area is 297 Å². The van der Waals surface area contributed by atoms with E-state index in [0.717, 1.165) is 70.5 Å². The summed E-state index contributed by atoms with van der Waals surface area (Å²) in [7, 11) is 0. The Morgan fingerprint density at radius 1 is 0.784 bits per heavy atom. The standard InChI is InChI=1S/C18H18FN5O.C15H14FN5.C3H5ClO/c1-2-17(25)20-10-13-7-11(9-21-23-13)18-22-15-6-3-12(19)8-16(15)24(18)14-4-5-14;16-10-1-4-13-14(6-10)21(12-2-3-12)15(19-13)9-5-11(7-17)20-18-8-9;1-2-3(4)5/h3,6-9,14H,2,4-5,10H2,1H3,(H,20,25);1,4-6,8,12H,2-3,7,17H2;2H2,1H3. The van der Waals surface area contributed by atoms with Crippen molar-refractivity contribution in [2.24, 2.45) is 5.73 Å². The maximum atomic E-state index is 13.7. The van der Waals surface area contributed by atoms with Crippen LogP contribution in [0.5, 0.6) is 0 Å². The van der Waals surface area contributed by atoms with Gasteiger partial charge in [-0.2, -0.15) is 20.4 Å². The minimum absolute atomic E-state index is 0.0344. The summed E-state index contributed by atoms with van der Waals surface area (Å²) in [4.78, 5) is 30.3. The van der Waals surface area contributed by atoms with Gasteiger partial charge in [0.15, 0.2) is 0 Å². The van der Waals surface area contributed by atoms with Gasteiger partial charge >= 0.3 is 0 Å². The maximum absolute atomic E-state index is 13.7. The number of benzene rings is 2. The molecule has 15 heteroatoms. The van der Waals surface area contributed by atoms with E-state index >= 15 is 0 Å². The lowest BCUT2D eigenvalue weighted by atomic mass is 10.2. The smallest absolute Gasteiger partial charge is 0.221 e. The molecule has 0 bridgehead atoms. The van der Waals surface area contributed by atoms with E-state index in [1.54, 1.807) is 44.4 Å². The van der Waals surface area contributed by atoms with Gasteiger partial charge in [-0.05, 0) is 85.8 Å². The van der Waals surface area contributed by atoms with E-state index in [2.05, 4.69) is 44.8 Å². The largest absolute Gasteiger partial charge is 0.350 e. The molecular formula is C36H37ClF2N10O2. The molecule has 2 aromatic carbocycles. The van der Waals surface area contributed by atoms with Crippen molar-refractivity contribution in [1.29, 1.82) is 0 Å². The molecule has 0 unspecified atom stereocenters. The number of nitrogens with one attached hydrogen (secondary N) is 1. The normalized spacial score (nSPS) is 13.7. The molecule has 2 aliphatic carbocycles. The number of carbonyl (C=O) groups is 2. The van der Waals surface area contributed by atoms with Crippen LogP contribution in [0.4, 0.5) is 8.78 Å². The van der Waals surface area contributed by atoms with Crippen LogP contribution in [0.1, 0.15) is 75.8 Å². The SMILES string of the molecule is CCC(=O)Cl.CCC(=O)NCc1cc(-c2nc3ccc(F)cc3n2C2CC2)cnn1.NCc1cc(-c2nc3ccc(F)cc3n2C2CC2)cnn1. The number of amides is 1. The zero-order valence-corrected chi connectivity index (χ0v) is 28.9. The fraction of sp³-hybridized carbons (Fsp3) is 0.333. The number of carbonyl (C=O) groups excluding carboxylic acids is 2. The topological polar surface area (TPSA) is 159 Å². The molecule has 0 aliphatic heterocycles. The van der Waals surface area contributed by atoms with Crippen LogP contribution >= 0.6 is 11.6 Å². The van der Waals surface area contributed by atoms with Gasteiger partial charge in [-0.15, -0.1) is 0 Å². The third-order valence-corrected chi connectivity index (χ3v) is 8.60. The molecule has 0 radical (unpaired) electrons. The van der Waals surface area contributed by atoms with Crippen LogP contribution in [0.2, 0.25) is 0 Å². The molecule has 1 amide bonds. The van der Waals surface area contributed by atoms with Crippen LogP contribution in [0, 0.1) is 11.6 Å². The van der Waals surface area contributed by atoms with Gasteiger partial charge in [0.2, 0.25) is 11.1 Å². The molecule has 0 saturated heterocycles. The Morgan fingerprint density at radius 2 is 1.25 bits per heavy atom. The quantitative estimate of drug-likeness (QED) is 0.158. The second kappa shape index (κ2) is 15.8. The molecule has 4 aromatic heterocycles. The Morgan fingerprint density at radius 3 is 1.69 bits per heavy atom. The Kier molecular flexibility index (Phi) is 11.0. The Bertz CT molecular complexity index is 2200. The molecule has 2 aliphatic rings. The molecule has 8 rings (SSSR count). The van der Waals surface area contributed by atoms with Crippen LogP contribution in [0.25, 0.3) is 44.8 Å². The first kappa shape index (κ1) is 35.6. The molecule has 3 N–H and O–H groups in total. The minimum atomic E-state index is -0.273. The van der Waals surface area contributed by atoms with E-state index in [9.17, 15) is 18.4 Å². The van der Waals surface area contributed by atoms with Crippen molar-refractivity contribution in [2.75, 3.05) is 0 Å². The summed E-state index contributed by atoms with van der Waals surface area (Å²) in [6.07, 6.45) is 8.50. The summed E-state index contributed by atoms with van der Waals surface area (Å²) in [6, 6.07) is 13.8. The van der Waals surface area contributed by atoms with Crippen molar-refractivity contribution in [3.63, 3.8) is 0 Å². The van der Waals surface area contributed by atoms with Gasteiger partial charge in [-0.25, -0.2) is 18.7 Å². The number of hydrogen-bond acceptors (Lipinski definition) is 9. The van der Waals surface area contributed by atoms with Crippen LogP contribution < -0.4 is 11.1 Å². The summed E-state index contributed by atoms with van der Waals surface area (Å²) >= 11 is 4.82. The summed E-state index contributed by atoms with van der Waals surface area (Å²) in [6.45, 7) is 4.18. The van der Waals surface area contributed by atoms with E-state index in [1.165, 1.54) is 18.2 Å². The number of fused-ring (bicyclic) bond motifs is 2. The molecule has 0 atom stereocenters. The highest BCUT2D eigenvalue weighted by atomic mass is 35.5. The molecule has 12 nitrogen and oxygen atoms in total. The van der Waals surface area contributed by atoms with Gasteiger partial charge in [0, 0.05) is 42.6 Å². The highest BCUT2D eigenvalue weighted by molar-refractivity contribution is 6.63. The van der Waals surface area contributed by atoms with E-state index < -0.39 is 0 Å². The second-order valence-electron chi connectivity index (χ2n) is 12.3. The predicted octanol–water partition coefficient (Wildman–Crippen LogP) is 6.58. The fourth-order valence-corrected chi connectivity index (χ4v) is 5.51. The number of nitrogens with two attached hydrogens (primary N) is 1. The lowest BCUT2D eigenvalue weighted by Gasteiger charge is -2.08. The summed E-state index contributed by atoms with van der Waals surface area (Å²) < 4.78 is 31.4. The first-order valence-corrected chi connectivity index (χ1v) is 17.2. The molecule has 6 aromatic rings. The number of rotatable bonds is 9. The Balaban J connectivity index is 0.000000157. The van der Waals surface area contributed by atoms with Crippen molar-refractivity contribution >= 4 is 44.8 Å². The molecule has 2 fully saturated rings. The van der Waals surface area contributed by atoms with Crippen molar-refractivity contribution < 1.29 is 18.4 Å². The highest BCUT2D eigenvalue weighted by Gasteiger charge is 2.30. The molecule has 51 heavy (non-hydrogen) atoms. The van der Waals surface area contributed by atoms with Gasteiger partial charge in [-0.1, -0.05) is 13.8 Å². The first-order valence-electron chi connectivity index (χ1n) is 16.8. The van der Waals surface area contributed by atoms with E-state index in [-0.39, 0.29) is 22.8 Å². The Hall–Kier alpha value is -5.21. The third kappa shape index (κ3) is 8.58. The molecule has 4 heterocycles. The number of imidazole rings is 2. The number of aromatic nitrogens is 8. The van der Waals surface area contributed by atoms with Crippen LogP contribution in [0.15, 0.2) is 60.9 Å². The number of hydrogen-bond donors (Lipinski definition) is 2. The van der Waals surface area contributed by atoms with E-state index in [1.807, 2.05) is 12.1 Å². The van der Waals surface area contributed by atoms with Gasteiger partial charge in [0.1, 0.15) is 23.3 Å². The van der Waals surface area contributed by atoms with Crippen LogP contribution in [-0.2, 0) is 22.7 Å². The third-order valence-electron chi connectivity index (χ3n) is 8.33. The zero-order chi connectivity index (χ0) is 36.1. The summed E-state index contributed by atoms with van der Waals surface area (Å²) in [5, 5.41) is 18.6. The second-order valence-corrected chi connectivity index (χ2v) is 12.7. The fourth-order valence-electron chi connectivity index (χ4n) is 5.51. The van der Waals surface area contributed by atoms with Crippen molar-refractivity contribution in [2.45, 2.75) is 77.5 Å². The molecular weight excluding hydrogens is 678 g/mol. The average molecular weight is 715 g/mol. The van der Waals surface area contributed by atoms with Crippen LogP contribution in [-0.4, -0.2) is 50.6 Å². The van der Waals surface area contributed by atoms with E-state index in [4.69, 9.17) is 17.3 Å². The number of halogens is 3. The lowest BCUT2D eigenvalue weighted by molar-refractivity contribution is -0.121. The maximum Gasteiger partial charge on any atom is 0.221 e. The highest BCUT2D eigenvalue weighted by Crippen LogP contribution is 2.42. The summed E-state index contributed by atoms with van der Waals surface area (Å²) in [5.41, 5.74) is 11.9. The van der Waals surface area contributed by atoms with Gasteiger partial charge < -0.3 is 20.2 Å². The first-order chi connectivity index (χ1) is 24.7. The van der Waals surface area contributed by atoms with Gasteiger partial charge in [0.05, 0.1) is 52.4 Å². The van der Waals surface area contributed by atoms with E-state index in [0.29, 0.717) is 49.4 Å². The van der Waals surface area contributed by atoms with Gasteiger partial charge in [0.25, 0.3) is 0 Å².